The van der Waals surface area contributed by atoms with Gasteiger partial charge in [-0.25, -0.2) is 13.9 Å². The maximum Gasteiger partial charge on any atom is 0.233 e. The van der Waals surface area contributed by atoms with Crippen LogP contribution in [0, 0.1) is 5.82 Å². The number of nitrogens with one attached hydrogen (secondary N) is 2. The second kappa shape index (κ2) is 6.87. The third-order valence-electron chi connectivity index (χ3n) is 4.86. The molecule has 3 heterocycles. The zero-order chi connectivity index (χ0) is 18.1. The fraction of sp³-hybridized carbons (Fsp3) is 0.389. The lowest BCUT2D eigenvalue weighted by Crippen LogP contribution is -2.43. The average Bonchev–Trinajstić information content (AvgIpc) is 3.00. The third kappa shape index (κ3) is 3.32. The van der Waals surface area contributed by atoms with Gasteiger partial charge in [-0.3, -0.25) is 9.69 Å². The van der Waals surface area contributed by atoms with Crippen molar-refractivity contribution in [3.8, 4) is 0 Å². The maximum absolute atomic E-state index is 13.4. The Kier molecular flexibility index (Phi) is 4.42. The molecule has 3 aromatic rings. The molecule has 26 heavy (non-hydrogen) atoms. The predicted molar refractivity (Wildman–Crippen MR) is 97.6 cm³/mol. The van der Waals surface area contributed by atoms with E-state index in [1.165, 1.54) is 12.1 Å². The number of benzene rings is 1. The molecule has 1 aromatic carbocycles. The molecular weight excluding hydrogens is 335 g/mol. The summed E-state index contributed by atoms with van der Waals surface area (Å²) in [6.07, 6.45) is 3.56. The number of anilines is 1. The van der Waals surface area contributed by atoms with Crippen LogP contribution in [0.2, 0.25) is 0 Å². The molecule has 0 spiro atoms. The van der Waals surface area contributed by atoms with Crippen molar-refractivity contribution in [3.05, 3.63) is 36.4 Å². The molecule has 136 valence electrons. The van der Waals surface area contributed by atoms with E-state index in [9.17, 15) is 9.18 Å². The van der Waals surface area contributed by atoms with Crippen molar-refractivity contribution in [3.63, 3.8) is 0 Å². The number of hydrogen-bond donors (Lipinski definition) is 2. The number of fused-ring (bicyclic) bond motifs is 3. The largest absolute Gasteiger partial charge is 0.367 e. The number of hydrogen-bond acceptors (Lipinski definition) is 5. The van der Waals surface area contributed by atoms with Crippen LogP contribution in [0.5, 0.6) is 0 Å². The SMILES string of the molecule is CNC(=O)CN1CCC(Nc2cc3c4ccc(F)cc4nn3cn2)CC1. The van der Waals surface area contributed by atoms with Gasteiger partial charge in [0.2, 0.25) is 5.91 Å². The van der Waals surface area contributed by atoms with E-state index in [0.29, 0.717) is 18.1 Å². The van der Waals surface area contributed by atoms with Crippen molar-refractivity contribution in [1.29, 1.82) is 0 Å². The minimum absolute atomic E-state index is 0.0487. The van der Waals surface area contributed by atoms with Crippen LogP contribution in [-0.2, 0) is 4.79 Å². The number of carbonyl (C=O) groups excluding carboxylic acids is 1. The minimum atomic E-state index is -0.296. The van der Waals surface area contributed by atoms with Crippen LogP contribution in [-0.4, -0.2) is 58.1 Å². The molecule has 7 nitrogen and oxygen atoms in total. The summed E-state index contributed by atoms with van der Waals surface area (Å²) in [5.74, 6) is 0.539. The summed E-state index contributed by atoms with van der Waals surface area (Å²) in [4.78, 5) is 18.0. The molecule has 2 aromatic heterocycles. The van der Waals surface area contributed by atoms with E-state index in [1.807, 2.05) is 6.07 Å². The summed E-state index contributed by atoms with van der Waals surface area (Å²) in [7, 11) is 1.66. The highest BCUT2D eigenvalue weighted by Crippen LogP contribution is 2.23. The summed E-state index contributed by atoms with van der Waals surface area (Å²) in [6.45, 7) is 2.20. The van der Waals surface area contributed by atoms with Crippen molar-refractivity contribution >= 4 is 28.1 Å². The second-order valence-electron chi connectivity index (χ2n) is 6.63. The van der Waals surface area contributed by atoms with Gasteiger partial charge in [0, 0.05) is 43.7 Å². The number of likely N-dealkylation sites (tertiary alicyclic amines) is 1. The van der Waals surface area contributed by atoms with Gasteiger partial charge < -0.3 is 10.6 Å². The van der Waals surface area contributed by atoms with Crippen LogP contribution in [0.1, 0.15) is 12.8 Å². The quantitative estimate of drug-likeness (QED) is 0.743. The number of piperidine rings is 1. The third-order valence-corrected chi connectivity index (χ3v) is 4.86. The van der Waals surface area contributed by atoms with Gasteiger partial charge >= 0.3 is 0 Å². The molecule has 1 amide bonds. The molecule has 1 aliphatic rings. The first kappa shape index (κ1) is 16.7. The highest BCUT2D eigenvalue weighted by Gasteiger charge is 2.21. The normalized spacial score (nSPS) is 16.2. The number of carbonyl (C=O) groups is 1. The molecule has 8 heteroatoms. The van der Waals surface area contributed by atoms with E-state index in [1.54, 1.807) is 24.0 Å². The molecule has 0 aliphatic carbocycles. The first-order valence-corrected chi connectivity index (χ1v) is 8.75. The Morgan fingerprint density at radius 2 is 2.12 bits per heavy atom. The fourth-order valence-corrected chi connectivity index (χ4v) is 3.42. The molecular formula is C18H21FN6O. The lowest BCUT2D eigenvalue weighted by Gasteiger charge is -2.31. The molecule has 4 rings (SSSR count). The first-order chi connectivity index (χ1) is 12.6. The standard InChI is InChI=1S/C18H21FN6O/c1-20-18(26)10-24-6-4-13(5-7-24)22-17-9-16-14-3-2-12(19)8-15(14)23-25(16)11-21-17/h2-3,8-9,11,13,22H,4-7,10H2,1H3,(H,20,26). The van der Waals surface area contributed by atoms with Gasteiger partial charge in [0.25, 0.3) is 0 Å². The number of nitrogens with zero attached hydrogens (tertiary/aromatic N) is 4. The van der Waals surface area contributed by atoms with Gasteiger partial charge in [0.1, 0.15) is 18.0 Å². The lowest BCUT2D eigenvalue weighted by atomic mass is 10.1. The smallest absolute Gasteiger partial charge is 0.233 e. The average molecular weight is 356 g/mol. The summed E-state index contributed by atoms with van der Waals surface area (Å²) < 4.78 is 15.0. The number of aromatic nitrogens is 3. The highest BCUT2D eigenvalue weighted by atomic mass is 19.1. The maximum atomic E-state index is 13.4. The van der Waals surface area contributed by atoms with Crippen molar-refractivity contribution in [2.24, 2.45) is 0 Å². The van der Waals surface area contributed by atoms with Crippen molar-refractivity contribution in [2.75, 3.05) is 32.0 Å². The van der Waals surface area contributed by atoms with E-state index in [2.05, 4.69) is 25.6 Å². The lowest BCUT2D eigenvalue weighted by molar-refractivity contribution is -0.122. The summed E-state index contributed by atoms with van der Waals surface area (Å²) in [5.41, 5.74) is 1.51. The minimum Gasteiger partial charge on any atom is -0.367 e. The topological polar surface area (TPSA) is 74.6 Å². The van der Waals surface area contributed by atoms with Crippen LogP contribution in [0.4, 0.5) is 10.2 Å². The van der Waals surface area contributed by atoms with Crippen LogP contribution in [0.3, 0.4) is 0 Å². The van der Waals surface area contributed by atoms with Crippen LogP contribution in [0.15, 0.2) is 30.6 Å². The van der Waals surface area contributed by atoms with E-state index in [-0.39, 0.29) is 11.7 Å². The summed E-state index contributed by atoms with van der Waals surface area (Å²) in [5, 5.41) is 11.4. The van der Waals surface area contributed by atoms with Gasteiger partial charge in [-0.05, 0) is 25.0 Å². The molecule has 1 saturated heterocycles. The van der Waals surface area contributed by atoms with Gasteiger partial charge in [-0.15, -0.1) is 0 Å². The van der Waals surface area contributed by atoms with E-state index < -0.39 is 0 Å². The Balaban J connectivity index is 1.46. The Morgan fingerprint density at radius 1 is 1.31 bits per heavy atom. The molecule has 0 atom stereocenters. The second-order valence-corrected chi connectivity index (χ2v) is 6.63. The number of amides is 1. The Morgan fingerprint density at radius 3 is 2.88 bits per heavy atom. The molecule has 0 radical (unpaired) electrons. The Labute approximate surface area is 150 Å². The van der Waals surface area contributed by atoms with Gasteiger partial charge in [-0.2, -0.15) is 5.10 Å². The highest BCUT2D eigenvalue weighted by molar-refractivity contribution is 5.94. The molecule has 0 unspecified atom stereocenters. The fourth-order valence-electron chi connectivity index (χ4n) is 3.42. The zero-order valence-corrected chi connectivity index (χ0v) is 14.6. The first-order valence-electron chi connectivity index (χ1n) is 8.75. The summed E-state index contributed by atoms with van der Waals surface area (Å²) >= 11 is 0. The van der Waals surface area contributed by atoms with Gasteiger partial charge in [0.05, 0.1) is 17.6 Å². The molecule has 2 N–H and O–H groups in total. The van der Waals surface area contributed by atoms with Crippen LogP contribution >= 0.6 is 0 Å². The van der Waals surface area contributed by atoms with Crippen molar-refractivity contribution in [2.45, 2.75) is 18.9 Å². The molecule has 1 aliphatic heterocycles. The van der Waals surface area contributed by atoms with Crippen LogP contribution < -0.4 is 10.6 Å². The number of rotatable bonds is 4. The van der Waals surface area contributed by atoms with E-state index >= 15 is 0 Å². The monoisotopic (exact) mass is 356 g/mol. The predicted octanol–water partition coefficient (Wildman–Crippen LogP) is 1.64. The van der Waals surface area contributed by atoms with E-state index in [0.717, 1.165) is 42.7 Å². The van der Waals surface area contributed by atoms with E-state index in [4.69, 9.17) is 0 Å². The number of halogens is 1. The van der Waals surface area contributed by atoms with Crippen molar-refractivity contribution in [1.82, 2.24) is 24.8 Å². The number of likely N-dealkylation sites (N-methyl/N-ethyl adjacent to an activating group) is 1. The van der Waals surface area contributed by atoms with Crippen molar-refractivity contribution < 1.29 is 9.18 Å². The zero-order valence-electron chi connectivity index (χ0n) is 14.6. The van der Waals surface area contributed by atoms with Gasteiger partial charge in [-0.1, -0.05) is 0 Å². The van der Waals surface area contributed by atoms with Crippen LogP contribution in [0.25, 0.3) is 16.4 Å². The molecule has 0 bridgehead atoms. The molecule has 0 saturated carbocycles. The summed E-state index contributed by atoms with van der Waals surface area (Å²) in [6, 6.07) is 6.88. The van der Waals surface area contributed by atoms with Gasteiger partial charge in [0.15, 0.2) is 0 Å². The molecule has 1 fully saturated rings. The Bertz CT molecular complexity index is 947. The Hall–Kier alpha value is -2.74.